The van der Waals surface area contributed by atoms with Gasteiger partial charge in [-0.2, -0.15) is 0 Å². The minimum Gasteiger partial charge on any atom is -0.479 e. The van der Waals surface area contributed by atoms with Gasteiger partial charge in [0, 0.05) is 19.3 Å². The molecule has 12 heteroatoms. The standard InChI is InChI=1S/C65H108O12/c1-4-7-10-13-16-19-21-23-25-27-29-31-33-35-37-40-42-45-48-51-57(66)73-54-56(75-58(67)52-49-46-44-41-38-36-34-32-30-28-26-24-22-20-17-14-11-8-5-2)55-74-65-63(61(70)60(69)62(77-65)64(71)72)76-59(68)53-50-47-43-39-18-15-12-9-6-3/h7,10,16-17,19-20,23-26,29-32,56,60-63,65,69-70H,4-6,8-9,11-15,18,21-22,27-28,33-55H2,1-3H3,(H,71,72)/b10-7-,19-16-,20-17-,25-23-,26-24-,31-29-,32-30-. The Morgan fingerprint density at radius 1 is 0.442 bits per heavy atom. The van der Waals surface area contributed by atoms with Crippen molar-refractivity contribution in [3.63, 3.8) is 0 Å². The van der Waals surface area contributed by atoms with E-state index in [1.165, 1.54) is 51.4 Å². The third-order valence-corrected chi connectivity index (χ3v) is 13.5. The number of carboxylic acid groups (broad SMARTS) is 1. The third kappa shape index (κ3) is 42.5. The van der Waals surface area contributed by atoms with Crippen LogP contribution in [0.1, 0.15) is 252 Å². The van der Waals surface area contributed by atoms with Crippen LogP contribution in [-0.4, -0.2) is 89.2 Å². The number of aliphatic carboxylic acids is 1. The molecule has 0 aromatic heterocycles. The number of carbonyl (C=O) groups excluding carboxylic acids is 3. The fourth-order valence-electron chi connectivity index (χ4n) is 8.78. The summed E-state index contributed by atoms with van der Waals surface area (Å²) < 4.78 is 28.4. The number of unbranched alkanes of at least 4 members (excludes halogenated alkanes) is 23. The van der Waals surface area contributed by atoms with E-state index < -0.39 is 67.3 Å². The predicted molar refractivity (Wildman–Crippen MR) is 312 cm³/mol. The molecule has 0 amide bonds. The quantitative estimate of drug-likeness (QED) is 0.0228. The second-order valence-corrected chi connectivity index (χ2v) is 20.6. The molecule has 3 N–H and O–H groups in total. The van der Waals surface area contributed by atoms with Gasteiger partial charge < -0.3 is 39.0 Å². The molecule has 1 aliphatic rings. The number of carbonyl (C=O) groups is 4. The van der Waals surface area contributed by atoms with Gasteiger partial charge in [-0.3, -0.25) is 14.4 Å². The summed E-state index contributed by atoms with van der Waals surface area (Å²) in [6, 6.07) is 0. The summed E-state index contributed by atoms with van der Waals surface area (Å²) in [7, 11) is 0. The molecule has 0 bridgehead atoms. The van der Waals surface area contributed by atoms with Crippen LogP contribution in [0.2, 0.25) is 0 Å². The van der Waals surface area contributed by atoms with Crippen molar-refractivity contribution in [2.45, 2.75) is 289 Å². The monoisotopic (exact) mass is 1080 g/mol. The number of aliphatic hydroxyl groups is 2. The first-order valence-corrected chi connectivity index (χ1v) is 30.6. The maximum absolute atomic E-state index is 13.2. The van der Waals surface area contributed by atoms with Gasteiger partial charge in [0.2, 0.25) is 0 Å². The van der Waals surface area contributed by atoms with Crippen LogP contribution < -0.4 is 0 Å². The smallest absolute Gasteiger partial charge is 0.335 e. The Kier molecular flexibility index (Phi) is 48.4. The second-order valence-electron chi connectivity index (χ2n) is 20.6. The number of esters is 3. The maximum atomic E-state index is 13.2. The number of carboxylic acids is 1. The minimum absolute atomic E-state index is 0.0559. The van der Waals surface area contributed by atoms with Crippen LogP contribution in [0.4, 0.5) is 0 Å². The molecule has 0 aromatic carbocycles. The van der Waals surface area contributed by atoms with Gasteiger partial charge in [0.05, 0.1) is 6.61 Å². The molecular formula is C65H108O12. The highest BCUT2D eigenvalue weighted by Crippen LogP contribution is 2.26. The van der Waals surface area contributed by atoms with E-state index in [9.17, 15) is 34.5 Å². The van der Waals surface area contributed by atoms with Gasteiger partial charge in [0.25, 0.3) is 0 Å². The van der Waals surface area contributed by atoms with Crippen LogP contribution in [0.3, 0.4) is 0 Å². The molecule has 1 fully saturated rings. The lowest BCUT2D eigenvalue weighted by Crippen LogP contribution is -2.61. The molecule has 6 atom stereocenters. The van der Waals surface area contributed by atoms with Gasteiger partial charge in [-0.1, -0.05) is 221 Å². The van der Waals surface area contributed by atoms with Crippen molar-refractivity contribution in [2.75, 3.05) is 13.2 Å². The Morgan fingerprint density at radius 3 is 1.27 bits per heavy atom. The SMILES string of the molecule is CC/C=C\C/C=C\C/C=C\C/C=C\CCCCCCCCC(=O)OCC(COC1OC(C(=O)O)C(O)C(O)C1OC(=O)CCCCCCCCCCC)OC(=O)CCCCCCCC/C=C\C/C=C\C/C=C\CCCCC. The fourth-order valence-corrected chi connectivity index (χ4v) is 8.78. The largest absolute Gasteiger partial charge is 0.479 e. The average Bonchev–Trinajstić information content (AvgIpc) is 3.42. The first-order valence-electron chi connectivity index (χ1n) is 30.6. The van der Waals surface area contributed by atoms with E-state index in [0.717, 1.165) is 141 Å². The zero-order chi connectivity index (χ0) is 56.1. The topological polar surface area (TPSA) is 175 Å². The summed E-state index contributed by atoms with van der Waals surface area (Å²) in [5.41, 5.74) is 0. The van der Waals surface area contributed by atoms with E-state index in [-0.39, 0.29) is 25.9 Å². The molecule has 1 aliphatic heterocycles. The van der Waals surface area contributed by atoms with Crippen molar-refractivity contribution in [1.29, 1.82) is 0 Å². The number of allylic oxidation sites excluding steroid dienone is 14. The Morgan fingerprint density at radius 2 is 0.818 bits per heavy atom. The molecule has 1 rings (SSSR count). The molecule has 1 saturated heterocycles. The summed E-state index contributed by atoms with van der Waals surface area (Å²) in [5, 5.41) is 31.4. The normalized spacial score (nSPS) is 18.6. The predicted octanol–water partition coefficient (Wildman–Crippen LogP) is 15.9. The molecular weight excluding hydrogens is 973 g/mol. The fraction of sp³-hybridized carbons (Fsp3) is 0.723. The molecule has 0 aliphatic carbocycles. The molecule has 440 valence electrons. The Hall–Kier alpha value is -4.10. The molecule has 0 saturated carbocycles. The van der Waals surface area contributed by atoms with Crippen molar-refractivity contribution >= 4 is 23.9 Å². The van der Waals surface area contributed by atoms with Crippen LogP contribution in [0.5, 0.6) is 0 Å². The number of hydrogen-bond donors (Lipinski definition) is 3. The summed E-state index contributed by atoms with van der Waals surface area (Å²) >= 11 is 0. The van der Waals surface area contributed by atoms with E-state index in [2.05, 4.69) is 106 Å². The van der Waals surface area contributed by atoms with Gasteiger partial charge in [0.1, 0.15) is 18.8 Å². The molecule has 0 aromatic rings. The first-order chi connectivity index (χ1) is 37.6. The minimum atomic E-state index is -1.91. The number of ether oxygens (including phenoxy) is 5. The van der Waals surface area contributed by atoms with E-state index >= 15 is 0 Å². The van der Waals surface area contributed by atoms with Crippen molar-refractivity contribution in [2.24, 2.45) is 0 Å². The lowest BCUT2D eigenvalue weighted by atomic mass is 9.98. The molecule has 77 heavy (non-hydrogen) atoms. The Bertz CT molecular complexity index is 1660. The van der Waals surface area contributed by atoms with E-state index in [0.29, 0.717) is 19.3 Å². The average molecular weight is 1080 g/mol. The first kappa shape index (κ1) is 70.9. The van der Waals surface area contributed by atoms with Crippen LogP contribution in [0, 0.1) is 0 Å². The molecule has 0 radical (unpaired) electrons. The zero-order valence-electron chi connectivity index (χ0n) is 48.4. The summed E-state index contributed by atoms with van der Waals surface area (Å²) in [4.78, 5) is 51.1. The highest BCUT2D eigenvalue weighted by molar-refractivity contribution is 5.74. The van der Waals surface area contributed by atoms with E-state index in [1.54, 1.807) is 0 Å². The Labute approximate surface area is 467 Å². The van der Waals surface area contributed by atoms with Crippen molar-refractivity contribution in [3.8, 4) is 0 Å². The maximum Gasteiger partial charge on any atom is 0.335 e. The molecule has 1 heterocycles. The highest BCUT2D eigenvalue weighted by Gasteiger charge is 2.50. The van der Waals surface area contributed by atoms with Crippen molar-refractivity contribution in [3.05, 3.63) is 85.1 Å². The third-order valence-electron chi connectivity index (χ3n) is 13.5. The summed E-state index contributed by atoms with van der Waals surface area (Å²) in [6.07, 6.45) is 55.6. The molecule has 12 nitrogen and oxygen atoms in total. The van der Waals surface area contributed by atoms with Gasteiger partial charge >= 0.3 is 23.9 Å². The van der Waals surface area contributed by atoms with Crippen molar-refractivity contribution in [1.82, 2.24) is 0 Å². The van der Waals surface area contributed by atoms with Crippen LogP contribution >= 0.6 is 0 Å². The van der Waals surface area contributed by atoms with E-state index in [4.69, 9.17) is 23.7 Å². The number of aliphatic hydroxyl groups excluding tert-OH is 2. The van der Waals surface area contributed by atoms with Gasteiger partial charge in [-0.15, -0.1) is 0 Å². The summed E-state index contributed by atoms with van der Waals surface area (Å²) in [6.45, 7) is 5.80. The highest BCUT2D eigenvalue weighted by atomic mass is 16.7. The van der Waals surface area contributed by atoms with Gasteiger partial charge in [0.15, 0.2) is 24.6 Å². The van der Waals surface area contributed by atoms with E-state index in [1.807, 2.05) is 0 Å². The molecule has 6 unspecified atom stereocenters. The van der Waals surface area contributed by atoms with Gasteiger partial charge in [-0.05, 0) is 96.3 Å². The summed E-state index contributed by atoms with van der Waals surface area (Å²) in [5.74, 6) is -3.15. The van der Waals surface area contributed by atoms with Crippen LogP contribution in [0.15, 0.2) is 85.1 Å². The van der Waals surface area contributed by atoms with Crippen LogP contribution in [0.25, 0.3) is 0 Å². The van der Waals surface area contributed by atoms with Crippen LogP contribution in [-0.2, 0) is 42.9 Å². The lowest BCUT2D eigenvalue weighted by Gasteiger charge is -2.40. The van der Waals surface area contributed by atoms with Gasteiger partial charge in [-0.25, -0.2) is 4.79 Å². The zero-order valence-corrected chi connectivity index (χ0v) is 48.4. The number of hydrogen-bond acceptors (Lipinski definition) is 11. The lowest BCUT2D eigenvalue weighted by molar-refractivity contribution is -0.301. The Balaban J connectivity index is 2.67. The van der Waals surface area contributed by atoms with Crippen molar-refractivity contribution < 1.29 is 58.2 Å². The molecule has 0 spiro atoms. The second kappa shape index (κ2) is 52.6. The number of rotatable bonds is 51.